The maximum Gasteiger partial charge on any atom is 0.329 e. The van der Waals surface area contributed by atoms with Crippen molar-refractivity contribution in [3.05, 3.63) is 29.6 Å². The van der Waals surface area contributed by atoms with Gasteiger partial charge in [-0.2, -0.15) is 0 Å². The summed E-state index contributed by atoms with van der Waals surface area (Å²) in [5, 5.41) is 9.39. The predicted octanol–water partition coefficient (Wildman–Crippen LogP) is 1.88. The van der Waals surface area contributed by atoms with E-state index >= 15 is 0 Å². The van der Waals surface area contributed by atoms with Crippen LogP contribution in [-0.4, -0.2) is 34.0 Å². The summed E-state index contributed by atoms with van der Waals surface area (Å²) in [5.74, 6) is -2.16. The SMILES string of the molecule is CC1(C(=O)O)CCCCN1C(=O)c1cc(F)ccc1N. The molecule has 0 bridgehead atoms. The molecule has 1 atom stereocenters. The fourth-order valence-corrected chi connectivity index (χ4v) is 2.53. The monoisotopic (exact) mass is 280 g/mol. The smallest absolute Gasteiger partial charge is 0.329 e. The number of nitrogens with two attached hydrogens (primary N) is 1. The third kappa shape index (κ3) is 2.33. The standard InChI is InChI=1S/C14H17FN2O3/c1-14(13(19)20)6-2-3-7-17(14)12(18)10-8-9(15)4-5-11(10)16/h4-5,8H,2-3,6-7,16H2,1H3,(H,19,20). The minimum absolute atomic E-state index is 0.0133. The highest BCUT2D eigenvalue weighted by Gasteiger charge is 2.44. The first-order valence-corrected chi connectivity index (χ1v) is 6.46. The topological polar surface area (TPSA) is 83.6 Å². The van der Waals surface area contributed by atoms with Gasteiger partial charge in [0.2, 0.25) is 0 Å². The summed E-state index contributed by atoms with van der Waals surface area (Å²) in [6.45, 7) is 1.85. The zero-order chi connectivity index (χ0) is 14.9. The highest BCUT2D eigenvalue weighted by atomic mass is 19.1. The molecular formula is C14H17FN2O3. The van der Waals surface area contributed by atoms with Crippen LogP contribution in [0.1, 0.15) is 36.5 Å². The molecule has 2 rings (SSSR count). The third-order valence-corrected chi connectivity index (χ3v) is 3.84. The lowest BCUT2D eigenvalue weighted by atomic mass is 9.87. The molecule has 1 amide bonds. The van der Waals surface area contributed by atoms with Crippen LogP contribution in [0.2, 0.25) is 0 Å². The van der Waals surface area contributed by atoms with Crippen molar-refractivity contribution in [2.24, 2.45) is 0 Å². The molecule has 0 aromatic heterocycles. The Morgan fingerprint density at radius 2 is 2.10 bits per heavy atom. The second-order valence-corrected chi connectivity index (χ2v) is 5.22. The average molecular weight is 280 g/mol. The number of carboxylic acid groups (broad SMARTS) is 1. The Bertz CT molecular complexity index is 561. The molecule has 1 aromatic carbocycles. The van der Waals surface area contributed by atoms with E-state index in [1.54, 1.807) is 0 Å². The van der Waals surface area contributed by atoms with Gasteiger partial charge in [-0.05, 0) is 44.4 Å². The summed E-state index contributed by atoms with van der Waals surface area (Å²) in [5.41, 5.74) is 4.59. The van der Waals surface area contributed by atoms with Crippen molar-refractivity contribution in [3.8, 4) is 0 Å². The Labute approximate surface area is 116 Å². The van der Waals surface area contributed by atoms with Crippen LogP contribution in [0.15, 0.2) is 18.2 Å². The first-order valence-electron chi connectivity index (χ1n) is 6.46. The third-order valence-electron chi connectivity index (χ3n) is 3.84. The summed E-state index contributed by atoms with van der Waals surface area (Å²) >= 11 is 0. The number of amides is 1. The first-order chi connectivity index (χ1) is 9.36. The summed E-state index contributed by atoms with van der Waals surface area (Å²) < 4.78 is 13.3. The lowest BCUT2D eigenvalue weighted by Crippen LogP contribution is -2.57. The Hall–Kier alpha value is -2.11. The van der Waals surface area contributed by atoms with Crippen LogP contribution < -0.4 is 5.73 Å². The fraction of sp³-hybridized carbons (Fsp3) is 0.429. The minimum Gasteiger partial charge on any atom is -0.480 e. The van der Waals surface area contributed by atoms with Gasteiger partial charge in [0.15, 0.2) is 0 Å². The Kier molecular flexibility index (Phi) is 3.65. The largest absolute Gasteiger partial charge is 0.480 e. The molecular weight excluding hydrogens is 263 g/mol. The van der Waals surface area contributed by atoms with Crippen molar-refractivity contribution in [2.45, 2.75) is 31.7 Å². The molecule has 1 fully saturated rings. The lowest BCUT2D eigenvalue weighted by molar-refractivity contribution is -0.150. The quantitative estimate of drug-likeness (QED) is 0.810. The number of piperidine rings is 1. The molecule has 1 unspecified atom stereocenters. The Morgan fingerprint density at radius 1 is 1.40 bits per heavy atom. The van der Waals surface area contributed by atoms with E-state index in [1.165, 1.54) is 24.0 Å². The summed E-state index contributed by atoms with van der Waals surface area (Å²) in [4.78, 5) is 25.3. The van der Waals surface area contributed by atoms with Crippen LogP contribution in [0.25, 0.3) is 0 Å². The van der Waals surface area contributed by atoms with Gasteiger partial charge in [0.1, 0.15) is 11.4 Å². The van der Waals surface area contributed by atoms with Gasteiger partial charge in [-0.3, -0.25) is 4.79 Å². The number of anilines is 1. The van der Waals surface area contributed by atoms with E-state index in [4.69, 9.17) is 5.73 Å². The summed E-state index contributed by atoms with van der Waals surface area (Å²) in [7, 11) is 0. The minimum atomic E-state index is -1.27. The normalized spacial score (nSPS) is 22.6. The molecule has 108 valence electrons. The number of carboxylic acids is 1. The van der Waals surface area contributed by atoms with Gasteiger partial charge in [0.05, 0.1) is 5.56 Å². The van der Waals surface area contributed by atoms with Crippen molar-refractivity contribution < 1.29 is 19.1 Å². The number of nitrogen functional groups attached to an aromatic ring is 1. The molecule has 3 N–H and O–H groups in total. The van der Waals surface area contributed by atoms with Gasteiger partial charge in [0, 0.05) is 12.2 Å². The van der Waals surface area contributed by atoms with Crippen molar-refractivity contribution in [1.29, 1.82) is 0 Å². The van der Waals surface area contributed by atoms with Crippen molar-refractivity contribution in [1.82, 2.24) is 4.90 Å². The van der Waals surface area contributed by atoms with Gasteiger partial charge in [0.25, 0.3) is 5.91 Å². The van der Waals surface area contributed by atoms with E-state index < -0.39 is 23.2 Å². The number of likely N-dealkylation sites (tertiary alicyclic amines) is 1. The molecule has 20 heavy (non-hydrogen) atoms. The number of carbonyl (C=O) groups excluding carboxylic acids is 1. The van der Waals surface area contributed by atoms with Crippen LogP contribution in [0.3, 0.4) is 0 Å². The van der Waals surface area contributed by atoms with Crippen LogP contribution in [0.4, 0.5) is 10.1 Å². The Balaban J connectivity index is 2.40. The second kappa shape index (κ2) is 5.11. The fourth-order valence-electron chi connectivity index (χ4n) is 2.53. The molecule has 0 spiro atoms. The van der Waals surface area contributed by atoms with Crippen LogP contribution in [0, 0.1) is 5.82 Å². The van der Waals surface area contributed by atoms with Crippen molar-refractivity contribution >= 4 is 17.6 Å². The van der Waals surface area contributed by atoms with E-state index in [0.29, 0.717) is 13.0 Å². The summed E-state index contributed by atoms with van der Waals surface area (Å²) in [6, 6.07) is 3.53. The zero-order valence-corrected chi connectivity index (χ0v) is 11.2. The van der Waals surface area contributed by atoms with Gasteiger partial charge in [-0.15, -0.1) is 0 Å². The molecule has 0 radical (unpaired) electrons. The van der Waals surface area contributed by atoms with E-state index in [1.807, 2.05) is 0 Å². The highest BCUT2D eigenvalue weighted by Crippen LogP contribution is 2.30. The summed E-state index contributed by atoms with van der Waals surface area (Å²) in [6.07, 6.45) is 1.85. The van der Waals surface area contributed by atoms with E-state index in [0.717, 1.165) is 18.9 Å². The van der Waals surface area contributed by atoms with Gasteiger partial charge in [-0.1, -0.05) is 0 Å². The molecule has 1 heterocycles. The number of benzene rings is 1. The number of hydrogen-bond acceptors (Lipinski definition) is 3. The number of aliphatic carboxylic acids is 1. The maximum absolute atomic E-state index is 13.3. The van der Waals surface area contributed by atoms with Crippen LogP contribution in [0.5, 0.6) is 0 Å². The number of hydrogen-bond donors (Lipinski definition) is 2. The number of rotatable bonds is 2. The molecule has 0 aliphatic carbocycles. The molecule has 0 saturated carbocycles. The van der Waals surface area contributed by atoms with Crippen molar-refractivity contribution in [2.75, 3.05) is 12.3 Å². The molecule has 1 aliphatic rings. The molecule has 5 nitrogen and oxygen atoms in total. The van der Waals surface area contributed by atoms with Gasteiger partial charge in [-0.25, -0.2) is 9.18 Å². The van der Waals surface area contributed by atoms with Crippen LogP contribution >= 0.6 is 0 Å². The van der Waals surface area contributed by atoms with E-state index in [9.17, 15) is 19.1 Å². The first kappa shape index (κ1) is 14.3. The van der Waals surface area contributed by atoms with Gasteiger partial charge >= 0.3 is 5.97 Å². The van der Waals surface area contributed by atoms with Gasteiger partial charge < -0.3 is 15.7 Å². The molecule has 6 heteroatoms. The molecule has 1 aliphatic heterocycles. The number of halogens is 1. The molecule has 1 aromatic rings. The Morgan fingerprint density at radius 3 is 2.75 bits per heavy atom. The average Bonchev–Trinajstić information content (AvgIpc) is 2.41. The van der Waals surface area contributed by atoms with E-state index in [-0.39, 0.29) is 11.3 Å². The van der Waals surface area contributed by atoms with E-state index in [2.05, 4.69) is 0 Å². The predicted molar refractivity (Wildman–Crippen MR) is 71.7 cm³/mol. The molecule has 1 saturated heterocycles. The number of nitrogens with zero attached hydrogens (tertiary/aromatic N) is 1. The lowest BCUT2D eigenvalue weighted by Gasteiger charge is -2.41. The number of carbonyl (C=O) groups is 2. The second-order valence-electron chi connectivity index (χ2n) is 5.22. The zero-order valence-electron chi connectivity index (χ0n) is 11.2. The van der Waals surface area contributed by atoms with Crippen LogP contribution in [-0.2, 0) is 4.79 Å². The highest BCUT2D eigenvalue weighted by molar-refractivity contribution is 6.01. The van der Waals surface area contributed by atoms with Crippen molar-refractivity contribution in [3.63, 3.8) is 0 Å². The maximum atomic E-state index is 13.3.